The number of hydrogen-bond donors (Lipinski definition) is 0. The Bertz CT molecular complexity index is 1170. The van der Waals surface area contributed by atoms with E-state index in [-0.39, 0.29) is 5.92 Å². The maximum Gasteiger partial charge on any atom is 0.235 e. The van der Waals surface area contributed by atoms with E-state index in [4.69, 9.17) is 8.94 Å². The van der Waals surface area contributed by atoms with Gasteiger partial charge in [-0.3, -0.25) is 0 Å². The molecule has 7 nitrogen and oxygen atoms in total. The molecule has 1 fully saturated rings. The summed E-state index contributed by atoms with van der Waals surface area (Å²) in [6, 6.07) is 21.6. The quantitative estimate of drug-likeness (QED) is 0.495. The van der Waals surface area contributed by atoms with Gasteiger partial charge in [-0.15, -0.1) is 0 Å². The molecule has 2 aromatic heterocycles. The van der Waals surface area contributed by atoms with E-state index in [0.29, 0.717) is 29.2 Å². The van der Waals surface area contributed by atoms with Gasteiger partial charge in [0.05, 0.1) is 0 Å². The monoisotopic (exact) mass is 397 g/mol. The zero-order valence-corrected chi connectivity index (χ0v) is 16.2. The average molecular weight is 397 g/mol. The molecule has 0 radical (unpaired) electrons. The van der Waals surface area contributed by atoms with Crippen molar-refractivity contribution in [3.8, 4) is 28.9 Å². The fourth-order valence-corrected chi connectivity index (χ4v) is 3.74. The fourth-order valence-electron chi connectivity index (χ4n) is 3.74. The molecule has 0 aliphatic carbocycles. The average Bonchev–Trinajstić information content (AvgIpc) is 3.48. The van der Waals surface area contributed by atoms with Gasteiger partial charge in [0.25, 0.3) is 0 Å². The summed E-state index contributed by atoms with van der Waals surface area (Å²) in [5.41, 5.74) is 2.12. The Labute approximate surface area is 173 Å². The molecule has 0 spiro atoms. The van der Waals surface area contributed by atoms with Crippen LogP contribution in [-0.2, 0) is 0 Å². The number of anilines is 1. The minimum atomic E-state index is 0.188. The molecule has 3 heterocycles. The molecule has 4 aromatic rings. The molecule has 0 N–H and O–H groups in total. The van der Waals surface area contributed by atoms with Crippen LogP contribution in [0.4, 0.5) is 5.88 Å². The Morgan fingerprint density at radius 2 is 1.57 bits per heavy atom. The van der Waals surface area contributed by atoms with E-state index in [1.165, 1.54) is 0 Å². The Morgan fingerprint density at radius 1 is 0.900 bits per heavy atom. The SMILES string of the molecule is N#Cc1nc(-c2ccccc2)oc1N1CCC(c2nc(-c3ccccc3)no2)CC1. The number of piperidine rings is 1. The van der Waals surface area contributed by atoms with Gasteiger partial charge < -0.3 is 13.8 Å². The number of nitrogens with zero attached hydrogens (tertiary/aromatic N) is 5. The summed E-state index contributed by atoms with van der Waals surface area (Å²) in [7, 11) is 0. The Morgan fingerprint density at radius 3 is 2.23 bits per heavy atom. The van der Waals surface area contributed by atoms with Crippen LogP contribution in [0.15, 0.2) is 69.6 Å². The molecule has 1 aliphatic heterocycles. The lowest BCUT2D eigenvalue weighted by Gasteiger charge is -2.29. The van der Waals surface area contributed by atoms with Gasteiger partial charge in [-0.1, -0.05) is 53.7 Å². The van der Waals surface area contributed by atoms with Gasteiger partial charge in [-0.2, -0.15) is 15.2 Å². The number of hydrogen-bond acceptors (Lipinski definition) is 7. The Balaban J connectivity index is 1.30. The molecule has 30 heavy (non-hydrogen) atoms. The zero-order chi connectivity index (χ0) is 20.3. The first-order valence-electron chi connectivity index (χ1n) is 9.92. The molecular weight excluding hydrogens is 378 g/mol. The second-order valence-electron chi connectivity index (χ2n) is 7.23. The summed E-state index contributed by atoms with van der Waals surface area (Å²) in [5.74, 6) is 2.46. The van der Waals surface area contributed by atoms with Crippen LogP contribution in [0, 0.1) is 11.3 Å². The summed E-state index contributed by atoms with van der Waals surface area (Å²) < 4.78 is 11.5. The van der Waals surface area contributed by atoms with Crippen LogP contribution < -0.4 is 4.90 Å². The zero-order valence-electron chi connectivity index (χ0n) is 16.2. The standard InChI is InChI=1S/C23H19N5O2/c24-15-19-23(29-21(25-19)17-9-5-2-6-10-17)28-13-11-18(12-14-28)22-26-20(27-30-22)16-7-3-1-4-8-16/h1-10,18H,11-14H2. The second-order valence-corrected chi connectivity index (χ2v) is 7.23. The van der Waals surface area contributed by atoms with E-state index in [2.05, 4.69) is 26.1 Å². The first-order chi connectivity index (χ1) is 14.8. The van der Waals surface area contributed by atoms with Gasteiger partial charge in [0, 0.05) is 30.1 Å². The summed E-state index contributed by atoms with van der Waals surface area (Å²) in [6.07, 6.45) is 1.67. The van der Waals surface area contributed by atoms with E-state index >= 15 is 0 Å². The minimum Gasteiger partial charge on any atom is -0.419 e. The molecule has 0 amide bonds. The van der Waals surface area contributed by atoms with Crippen LogP contribution in [0.1, 0.15) is 30.3 Å². The highest BCUT2D eigenvalue weighted by Gasteiger charge is 2.29. The lowest BCUT2D eigenvalue weighted by atomic mass is 9.97. The molecule has 0 saturated carbocycles. The van der Waals surface area contributed by atoms with Crippen LogP contribution in [0.3, 0.4) is 0 Å². The van der Waals surface area contributed by atoms with E-state index in [0.717, 1.165) is 37.1 Å². The van der Waals surface area contributed by atoms with Crippen molar-refractivity contribution in [3.05, 3.63) is 72.2 Å². The third kappa shape index (κ3) is 3.44. The van der Waals surface area contributed by atoms with Gasteiger partial charge in [0.15, 0.2) is 0 Å². The van der Waals surface area contributed by atoms with Crippen LogP contribution in [0.5, 0.6) is 0 Å². The highest BCUT2D eigenvalue weighted by molar-refractivity contribution is 5.59. The minimum absolute atomic E-state index is 0.188. The third-order valence-electron chi connectivity index (χ3n) is 5.34. The lowest BCUT2D eigenvalue weighted by molar-refractivity contribution is 0.327. The Kier molecular flexibility index (Phi) is 4.74. The van der Waals surface area contributed by atoms with Gasteiger partial charge in [-0.05, 0) is 25.0 Å². The van der Waals surface area contributed by atoms with Gasteiger partial charge >= 0.3 is 0 Å². The summed E-state index contributed by atoms with van der Waals surface area (Å²) in [4.78, 5) is 11.0. The highest BCUT2D eigenvalue weighted by atomic mass is 16.5. The number of aromatic nitrogens is 3. The second kappa shape index (κ2) is 7.84. The van der Waals surface area contributed by atoms with Crippen molar-refractivity contribution >= 4 is 5.88 Å². The van der Waals surface area contributed by atoms with Crippen molar-refractivity contribution in [3.63, 3.8) is 0 Å². The molecule has 1 saturated heterocycles. The molecule has 0 unspecified atom stereocenters. The maximum absolute atomic E-state index is 9.52. The molecule has 2 aromatic carbocycles. The van der Waals surface area contributed by atoms with Crippen LogP contribution in [0.25, 0.3) is 22.8 Å². The molecule has 1 aliphatic rings. The molecule has 0 bridgehead atoms. The van der Waals surface area contributed by atoms with E-state index < -0.39 is 0 Å². The number of oxazole rings is 1. The molecule has 0 atom stereocenters. The van der Waals surface area contributed by atoms with Crippen LogP contribution >= 0.6 is 0 Å². The van der Waals surface area contributed by atoms with Crippen molar-refractivity contribution in [1.29, 1.82) is 5.26 Å². The highest BCUT2D eigenvalue weighted by Crippen LogP contribution is 2.34. The summed E-state index contributed by atoms with van der Waals surface area (Å²) in [6.45, 7) is 1.46. The first-order valence-corrected chi connectivity index (χ1v) is 9.92. The van der Waals surface area contributed by atoms with Crippen molar-refractivity contribution in [2.45, 2.75) is 18.8 Å². The summed E-state index contributed by atoms with van der Waals surface area (Å²) in [5, 5.41) is 13.6. The van der Waals surface area contributed by atoms with E-state index in [1.54, 1.807) is 0 Å². The van der Waals surface area contributed by atoms with Crippen molar-refractivity contribution in [2.24, 2.45) is 0 Å². The van der Waals surface area contributed by atoms with E-state index in [1.807, 2.05) is 60.7 Å². The predicted molar refractivity (Wildman–Crippen MR) is 111 cm³/mol. The lowest BCUT2D eigenvalue weighted by Crippen LogP contribution is -2.33. The van der Waals surface area contributed by atoms with Gasteiger partial charge in [0.1, 0.15) is 6.07 Å². The summed E-state index contributed by atoms with van der Waals surface area (Å²) >= 11 is 0. The fraction of sp³-hybridized carbons (Fsp3) is 0.217. The molecule has 5 rings (SSSR count). The molecule has 7 heteroatoms. The van der Waals surface area contributed by atoms with E-state index in [9.17, 15) is 5.26 Å². The van der Waals surface area contributed by atoms with Crippen molar-refractivity contribution in [1.82, 2.24) is 15.1 Å². The van der Waals surface area contributed by atoms with Crippen LogP contribution in [0.2, 0.25) is 0 Å². The normalized spacial score (nSPS) is 14.6. The maximum atomic E-state index is 9.52. The Hall–Kier alpha value is -3.92. The largest absolute Gasteiger partial charge is 0.419 e. The predicted octanol–water partition coefficient (Wildman–Crippen LogP) is 4.65. The smallest absolute Gasteiger partial charge is 0.235 e. The molecule has 148 valence electrons. The number of rotatable bonds is 4. The number of benzene rings is 2. The van der Waals surface area contributed by atoms with Crippen molar-refractivity contribution < 1.29 is 8.94 Å². The van der Waals surface area contributed by atoms with Crippen LogP contribution in [-0.4, -0.2) is 28.2 Å². The first kappa shape index (κ1) is 18.1. The van der Waals surface area contributed by atoms with Gasteiger partial charge in [0.2, 0.25) is 29.2 Å². The third-order valence-corrected chi connectivity index (χ3v) is 5.34. The van der Waals surface area contributed by atoms with Crippen molar-refractivity contribution in [2.75, 3.05) is 18.0 Å². The van der Waals surface area contributed by atoms with Gasteiger partial charge in [-0.25, -0.2) is 0 Å². The molecular formula is C23H19N5O2. The topological polar surface area (TPSA) is 92.0 Å². The number of nitriles is 1.